The number of likely N-dealkylation sites (tertiary alicyclic amines) is 1. The molecule has 0 radical (unpaired) electrons. The highest BCUT2D eigenvalue weighted by molar-refractivity contribution is 6.42. The number of rotatable bonds is 5. The van der Waals surface area contributed by atoms with Crippen LogP contribution in [0.15, 0.2) is 42.6 Å². The molecule has 1 aromatic heterocycles. The molecule has 0 atom stereocenters. The summed E-state index contributed by atoms with van der Waals surface area (Å²) >= 11 is 12.2. The van der Waals surface area contributed by atoms with Crippen molar-refractivity contribution in [1.82, 2.24) is 14.8 Å². The highest BCUT2D eigenvalue weighted by atomic mass is 35.5. The molecule has 172 valence electrons. The minimum Gasteiger partial charge on any atom is -0.444 e. The van der Waals surface area contributed by atoms with Gasteiger partial charge < -0.3 is 14.5 Å². The van der Waals surface area contributed by atoms with Gasteiger partial charge in [0.1, 0.15) is 5.60 Å². The highest BCUT2D eigenvalue weighted by Gasteiger charge is 2.32. The molecule has 0 saturated carbocycles. The Morgan fingerprint density at radius 1 is 1.09 bits per heavy atom. The molecule has 2 aromatic rings. The molecular weight excluding hydrogens is 449 g/mol. The third-order valence-corrected chi connectivity index (χ3v) is 5.98. The second-order valence-electron chi connectivity index (χ2n) is 9.01. The number of halogens is 2. The molecule has 2 amide bonds. The molecule has 1 saturated heterocycles. The lowest BCUT2D eigenvalue weighted by Crippen LogP contribution is -2.45. The van der Waals surface area contributed by atoms with Gasteiger partial charge in [-0.05, 0) is 63.4 Å². The molecule has 0 aliphatic carbocycles. The number of aromatic nitrogens is 1. The zero-order valence-corrected chi connectivity index (χ0v) is 20.2. The normalized spacial score (nSPS) is 14.8. The molecule has 2 heterocycles. The smallest absolute Gasteiger partial charge is 0.410 e. The SMILES string of the molecule is CC(C)(C)OC(=O)N1CCC(C(=O)N(Cc2ccc(Cl)c(Cl)c2)Cc2ccccn2)CC1. The number of hydrogen-bond donors (Lipinski definition) is 0. The van der Waals surface area contributed by atoms with Crippen molar-refractivity contribution >= 4 is 35.2 Å². The Morgan fingerprint density at radius 2 is 1.81 bits per heavy atom. The maximum Gasteiger partial charge on any atom is 0.410 e. The monoisotopic (exact) mass is 477 g/mol. The lowest BCUT2D eigenvalue weighted by molar-refractivity contribution is -0.138. The van der Waals surface area contributed by atoms with E-state index in [4.69, 9.17) is 27.9 Å². The predicted molar refractivity (Wildman–Crippen MR) is 125 cm³/mol. The van der Waals surface area contributed by atoms with Crippen LogP contribution in [-0.2, 0) is 22.6 Å². The van der Waals surface area contributed by atoms with Crippen molar-refractivity contribution in [2.45, 2.75) is 52.3 Å². The number of carbonyl (C=O) groups is 2. The molecule has 0 spiro atoms. The summed E-state index contributed by atoms with van der Waals surface area (Å²) in [6, 6.07) is 11.1. The van der Waals surface area contributed by atoms with Crippen LogP contribution in [0, 0.1) is 5.92 Å². The summed E-state index contributed by atoms with van der Waals surface area (Å²) in [5, 5.41) is 0.938. The van der Waals surface area contributed by atoms with Gasteiger partial charge in [0.15, 0.2) is 0 Å². The Morgan fingerprint density at radius 3 is 2.41 bits per heavy atom. The van der Waals surface area contributed by atoms with E-state index in [9.17, 15) is 9.59 Å². The molecule has 1 aromatic carbocycles. The van der Waals surface area contributed by atoms with Gasteiger partial charge in [-0.25, -0.2) is 4.79 Å². The van der Waals surface area contributed by atoms with Crippen molar-refractivity contribution in [3.05, 3.63) is 63.9 Å². The van der Waals surface area contributed by atoms with Gasteiger partial charge in [0.25, 0.3) is 0 Å². The lowest BCUT2D eigenvalue weighted by atomic mass is 9.95. The topological polar surface area (TPSA) is 62.7 Å². The third kappa shape index (κ3) is 6.84. The zero-order valence-electron chi connectivity index (χ0n) is 18.7. The van der Waals surface area contributed by atoms with E-state index in [-0.39, 0.29) is 17.9 Å². The van der Waals surface area contributed by atoms with Gasteiger partial charge in [-0.15, -0.1) is 0 Å². The Balaban J connectivity index is 1.69. The summed E-state index contributed by atoms with van der Waals surface area (Å²) in [5.41, 5.74) is 1.17. The summed E-state index contributed by atoms with van der Waals surface area (Å²) in [6.07, 6.45) is 2.58. The number of amides is 2. The summed E-state index contributed by atoms with van der Waals surface area (Å²) in [5.74, 6) is -0.120. The summed E-state index contributed by atoms with van der Waals surface area (Å²) in [6.45, 7) is 7.33. The average molecular weight is 478 g/mol. The number of ether oxygens (including phenoxy) is 1. The lowest BCUT2D eigenvalue weighted by Gasteiger charge is -2.35. The molecule has 3 rings (SSSR count). The largest absolute Gasteiger partial charge is 0.444 e. The fraction of sp³-hybridized carbons (Fsp3) is 0.458. The van der Waals surface area contributed by atoms with E-state index in [0.29, 0.717) is 49.1 Å². The average Bonchev–Trinajstić information content (AvgIpc) is 2.75. The van der Waals surface area contributed by atoms with Crippen molar-refractivity contribution in [1.29, 1.82) is 0 Å². The van der Waals surface area contributed by atoms with Crippen molar-refractivity contribution in [2.75, 3.05) is 13.1 Å². The second-order valence-corrected chi connectivity index (χ2v) is 9.82. The van der Waals surface area contributed by atoms with Crippen LogP contribution in [0.1, 0.15) is 44.9 Å². The van der Waals surface area contributed by atoms with Crippen molar-refractivity contribution in [3.63, 3.8) is 0 Å². The second kappa shape index (κ2) is 10.5. The van der Waals surface area contributed by atoms with Gasteiger partial charge in [-0.2, -0.15) is 0 Å². The minimum absolute atomic E-state index is 0.0468. The Bertz CT molecular complexity index is 939. The molecule has 0 unspecified atom stereocenters. The molecule has 0 N–H and O–H groups in total. The number of nitrogens with zero attached hydrogens (tertiary/aromatic N) is 3. The number of benzene rings is 1. The van der Waals surface area contributed by atoms with E-state index in [1.165, 1.54) is 0 Å². The van der Waals surface area contributed by atoms with Crippen LogP contribution in [0.3, 0.4) is 0 Å². The maximum atomic E-state index is 13.5. The van der Waals surface area contributed by atoms with Gasteiger partial charge in [-0.1, -0.05) is 35.3 Å². The van der Waals surface area contributed by atoms with Gasteiger partial charge >= 0.3 is 6.09 Å². The quantitative estimate of drug-likeness (QED) is 0.564. The number of hydrogen-bond acceptors (Lipinski definition) is 4. The molecule has 1 fully saturated rings. The Hall–Kier alpha value is -2.31. The van der Waals surface area contributed by atoms with Crippen molar-refractivity contribution in [3.8, 4) is 0 Å². The van der Waals surface area contributed by atoms with Crippen LogP contribution in [0.2, 0.25) is 10.0 Å². The maximum absolute atomic E-state index is 13.5. The molecule has 32 heavy (non-hydrogen) atoms. The zero-order chi connectivity index (χ0) is 23.3. The highest BCUT2D eigenvalue weighted by Crippen LogP contribution is 2.26. The summed E-state index contributed by atoms with van der Waals surface area (Å²) in [7, 11) is 0. The van der Waals surface area contributed by atoms with Crippen LogP contribution in [0.5, 0.6) is 0 Å². The van der Waals surface area contributed by atoms with E-state index in [1.807, 2.05) is 45.0 Å². The summed E-state index contributed by atoms with van der Waals surface area (Å²) < 4.78 is 5.46. The Kier molecular flexibility index (Phi) is 8.01. The fourth-order valence-corrected chi connectivity index (χ4v) is 3.97. The van der Waals surface area contributed by atoms with Gasteiger partial charge in [-0.3, -0.25) is 9.78 Å². The van der Waals surface area contributed by atoms with E-state index in [2.05, 4.69) is 4.98 Å². The first-order chi connectivity index (χ1) is 15.1. The number of piperidine rings is 1. The predicted octanol–water partition coefficient (Wildman–Crippen LogP) is 5.56. The van der Waals surface area contributed by atoms with Crippen molar-refractivity contribution in [2.24, 2.45) is 5.92 Å². The number of pyridine rings is 1. The van der Waals surface area contributed by atoms with Crippen LogP contribution in [0.25, 0.3) is 0 Å². The molecule has 8 heteroatoms. The van der Waals surface area contributed by atoms with Gasteiger partial charge in [0.2, 0.25) is 5.91 Å². The molecule has 6 nitrogen and oxygen atoms in total. The van der Waals surface area contributed by atoms with Crippen LogP contribution >= 0.6 is 23.2 Å². The Labute approximate surface area is 199 Å². The van der Waals surface area contributed by atoms with Crippen LogP contribution in [0.4, 0.5) is 4.79 Å². The van der Waals surface area contributed by atoms with E-state index in [0.717, 1.165) is 11.3 Å². The third-order valence-electron chi connectivity index (χ3n) is 5.24. The van der Waals surface area contributed by atoms with Crippen LogP contribution in [-0.4, -0.2) is 45.5 Å². The van der Waals surface area contributed by atoms with E-state index in [1.54, 1.807) is 28.1 Å². The van der Waals surface area contributed by atoms with Crippen molar-refractivity contribution < 1.29 is 14.3 Å². The molecular formula is C24H29Cl2N3O3. The standard InChI is InChI=1S/C24H29Cl2N3O3/c1-24(2,3)32-23(31)28-12-9-18(10-13-28)22(30)29(16-19-6-4-5-11-27-19)15-17-7-8-20(25)21(26)14-17/h4-8,11,14,18H,9-10,12-13,15-16H2,1-3H3. The van der Waals surface area contributed by atoms with E-state index < -0.39 is 5.60 Å². The summed E-state index contributed by atoms with van der Waals surface area (Å²) in [4.78, 5) is 33.7. The first kappa shape index (κ1) is 24.3. The fourth-order valence-electron chi connectivity index (χ4n) is 3.65. The first-order valence-electron chi connectivity index (χ1n) is 10.7. The number of carbonyl (C=O) groups excluding carboxylic acids is 2. The molecule has 1 aliphatic rings. The van der Waals surface area contributed by atoms with Crippen LogP contribution < -0.4 is 0 Å². The molecule has 1 aliphatic heterocycles. The molecule has 0 bridgehead atoms. The first-order valence-corrected chi connectivity index (χ1v) is 11.5. The van der Waals surface area contributed by atoms with Gasteiger partial charge in [0.05, 0.1) is 22.3 Å². The van der Waals surface area contributed by atoms with Gasteiger partial charge in [0, 0.05) is 31.7 Å². The minimum atomic E-state index is -0.539. The van der Waals surface area contributed by atoms with E-state index >= 15 is 0 Å².